The van der Waals surface area contributed by atoms with E-state index in [9.17, 15) is 4.79 Å². The molecular weight excluding hydrogens is 308 g/mol. The van der Waals surface area contributed by atoms with Gasteiger partial charge in [0.05, 0.1) is 7.11 Å². The Kier molecular flexibility index (Phi) is 6.68. The van der Waals surface area contributed by atoms with Crippen molar-refractivity contribution in [2.45, 2.75) is 19.0 Å². The lowest BCUT2D eigenvalue weighted by Crippen LogP contribution is -2.34. The number of hydrogen-bond acceptors (Lipinski definition) is 4. The molecule has 0 radical (unpaired) electrons. The summed E-state index contributed by atoms with van der Waals surface area (Å²) in [6, 6.07) is 9.20. The fourth-order valence-electron chi connectivity index (χ4n) is 2.02. The molecule has 4 nitrogen and oxygen atoms in total. The van der Waals surface area contributed by atoms with E-state index in [4.69, 9.17) is 10.5 Å². The third-order valence-electron chi connectivity index (χ3n) is 3.19. The van der Waals surface area contributed by atoms with Crippen molar-refractivity contribution in [3.8, 4) is 5.75 Å². The molecule has 0 saturated carbocycles. The van der Waals surface area contributed by atoms with E-state index in [1.165, 1.54) is 0 Å². The first kappa shape index (κ1) is 17.5. The molecule has 3 N–H and O–H groups in total. The van der Waals surface area contributed by atoms with Crippen molar-refractivity contribution in [3.05, 3.63) is 52.2 Å². The molecule has 114 valence electrons. The number of primary amides is 1. The molecule has 1 aromatic heterocycles. The van der Waals surface area contributed by atoms with E-state index in [0.717, 1.165) is 16.9 Å². The first-order valence-electron chi connectivity index (χ1n) is 6.33. The van der Waals surface area contributed by atoms with Crippen LogP contribution in [0.3, 0.4) is 0 Å². The number of benzene rings is 1. The molecule has 0 aliphatic carbocycles. The lowest BCUT2D eigenvalue weighted by Gasteiger charge is -2.21. The zero-order valence-corrected chi connectivity index (χ0v) is 13.5. The Labute approximate surface area is 134 Å². The van der Waals surface area contributed by atoms with Crippen molar-refractivity contribution in [2.24, 2.45) is 5.73 Å². The van der Waals surface area contributed by atoms with Gasteiger partial charge in [-0.3, -0.25) is 10.1 Å². The average Bonchev–Trinajstić information content (AvgIpc) is 2.98. The van der Waals surface area contributed by atoms with Crippen LogP contribution in [0.1, 0.15) is 30.1 Å². The maximum atomic E-state index is 11.6. The summed E-state index contributed by atoms with van der Waals surface area (Å²) in [7, 11) is 1.64. The smallest absolute Gasteiger partial charge is 0.239 e. The van der Waals surface area contributed by atoms with Crippen molar-refractivity contribution >= 4 is 29.7 Å². The Morgan fingerprint density at radius 2 is 1.90 bits per heavy atom. The van der Waals surface area contributed by atoms with Gasteiger partial charge >= 0.3 is 0 Å². The second-order valence-electron chi connectivity index (χ2n) is 4.55. The van der Waals surface area contributed by atoms with Gasteiger partial charge in [0.15, 0.2) is 0 Å². The number of rotatable bonds is 6. The topological polar surface area (TPSA) is 64.3 Å². The number of halogens is 1. The minimum absolute atomic E-state index is 0. The molecular formula is C15H19ClN2O2S. The molecule has 1 heterocycles. The number of carbonyl (C=O) groups excluding carboxylic acids is 1. The van der Waals surface area contributed by atoms with E-state index in [2.05, 4.69) is 5.32 Å². The molecule has 0 saturated heterocycles. The number of amides is 1. The van der Waals surface area contributed by atoms with Gasteiger partial charge in [0.2, 0.25) is 5.91 Å². The molecule has 2 atom stereocenters. The third kappa shape index (κ3) is 4.46. The van der Waals surface area contributed by atoms with Crippen LogP contribution in [0.25, 0.3) is 0 Å². The number of hydrogen-bond donors (Lipinski definition) is 2. The predicted octanol–water partition coefficient (Wildman–Crippen LogP) is 3.06. The first-order valence-corrected chi connectivity index (χ1v) is 7.27. The Balaban J connectivity index is 0.00000220. The van der Waals surface area contributed by atoms with E-state index in [0.29, 0.717) is 0 Å². The molecule has 0 unspecified atom stereocenters. The van der Waals surface area contributed by atoms with Crippen molar-refractivity contribution in [3.63, 3.8) is 0 Å². The van der Waals surface area contributed by atoms with Crippen LogP contribution in [0, 0.1) is 0 Å². The van der Waals surface area contributed by atoms with E-state index < -0.39 is 6.04 Å². The maximum absolute atomic E-state index is 11.6. The number of methoxy groups -OCH3 is 1. The van der Waals surface area contributed by atoms with Crippen molar-refractivity contribution in [1.82, 2.24) is 5.32 Å². The van der Waals surface area contributed by atoms with Crippen LogP contribution in [-0.2, 0) is 4.79 Å². The highest BCUT2D eigenvalue weighted by molar-refractivity contribution is 7.08. The summed E-state index contributed by atoms with van der Waals surface area (Å²) < 4.78 is 5.13. The fourth-order valence-corrected chi connectivity index (χ4v) is 2.71. The van der Waals surface area contributed by atoms with Crippen LogP contribution in [0.5, 0.6) is 5.75 Å². The van der Waals surface area contributed by atoms with Gasteiger partial charge in [-0.15, -0.1) is 12.4 Å². The van der Waals surface area contributed by atoms with Gasteiger partial charge < -0.3 is 10.5 Å². The highest BCUT2D eigenvalue weighted by Crippen LogP contribution is 2.22. The fraction of sp³-hybridized carbons (Fsp3) is 0.267. The minimum atomic E-state index is -0.474. The molecule has 0 bridgehead atoms. The quantitative estimate of drug-likeness (QED) is 0.857. The van der Waals surface area contributed by atoms with Gasteiger partial charge in [0.25, 0.3) is 0 Å². The van der Waals surface area contributed by atoms with E-state index in [-0.39, 0.29) is 24.4 Å². The standard InChI is InChI=1S/C15H18N2O2S.ClH/c1-10(11-3-5-13(19-2)6-4-11)17-14(15(16)18)12-7-8-20-9-12;/h3-10,14,17H,1-2H3,(H2,16,18);1H/t10-,14-;/m1./s1. The summed E-state index contributed by atoms with van der Waals surface area (Å²) in [5.41, 5.74) is 7.46. The molecule has 21 heavy (non-hydrogen) atoms. The van der Waals surface area contributed by atoms with Crippen LogP contribution in [-0.4, -0.2) is 13.0 Å². The third-order valence-corrected chi connectivity index (χ3v) is 3.89. The predicted molar refractivity (Wildman–Crippen MR) is 88.0 cm³/mol. The van der Waals surface area contributed by atoms with E-state index >= 15 is 0 Å². The lowest BCUT2D eigenvalue weighted by atomic mass is 10.0. The summed E-state index contributed by atoms with van der Waals surface area (Å²) in [6.45, 7) is 2.00. The van der Waals surface area contributed by atoms with Crippen LogP contribution < -0.4 is 15.8 Å². The van der Waals surface area contributed by atoms with Gasteiger partial charge in [-0.05, 0) is 47.0 Å². The molecule has 0 spiro atoms. The summed E-state index contributed by atoms with van der Waals surface area (Å²) >= 11 is 1.55. The Morgan fingerprint density at radius 3 is 2.38 bits per heavy atom. The van der Waals surface area contributed by atoms with E-state index in [1.807, 2.05) is 48.0 Å². The Hall–Kier alpha value is -1.56. The van der Waals surface area contributed by atoms with Gasteiger partial charge in [0.1, 0.15) is 11.8 Å². The van der Waals surface area contributed by atoms with Crippen molar-refractivity contribution in [1.29, 1.82) is 0 Å². The van der Waals surface area contributed by atoms with Crippen molar-refractivity contribution in [2.75, 3.05) is 7.11 Å². The van der Waals surface area contributed by atoms with Crippen LogP contribution in [0.15, 0.2) is 41.1 Å². The van der Waals surface area contributed by atoms with Crippen LogP contribution in [0.4, 0.5) is 0 Å². The number of thiophene rings is 1. The SMILES string of the molecule is COc1ccc([C@@H](C)N[C@@H](C(N)=O)c2ccsc2)cc1.Cl. The van der Waals surface area contributed by atoms with E-state index in [1.54, 1.807) is 18.4 Å². The Bertz CT molecular complexity index is 558. The Morgan fingerprint density at radius 1 is 1.24 bits per heavy atom. The molecule has 2 rings (SSSR count). The lowest BCUT2D eigenvalue weighted by molar-refractivity contribution is -0.120. The molecule has 1 aromatic carbocycles. The largest absolute Gasteiger partial charge is 0.497 e. The van der Waals surface area contributed by atoms with Crippen molar-refractivity contribution < 1.29 is 9.53 Å². The average molecular weight is 327 g/mol. The summed E-state index contributed by atoms with van der Waals surface area (Å²) in [4.78, 5) is 11.6. The van der Waals surface area contributed by atoms with Crippen LogP contribution >= 0.6 is 23.7 Å². The molecule has 2 aromatic rings. The maximum Gasteiger partial charge on any atom is 0.239 e. The molecule has 6 heteroatoms. The first-order chi connectivity index (χ1) is 9.61. The van der Waals surface area contributed by atoms with Gasteiger partial charge in [-0.2, -0.15) is 11.3 Å². The highest BCUT2D eigenvalue weighted by atomic mass is 35.5. The number of carbonyl (C=O) groups is 1. The molecule has 0 fully saturated rings. The van der Waals surface area contributed by atoms with Crippen LogP contribution in [0.2, 0.25) is 0 Å². The molecule has 0 aliphatic rings. The summed E-state index contributed by atoms with van der Waals surface area (Å²) in [6.07, 6.45) is 0. The number of ether oxygens (including phenoxy) is 1. The summed E-state index contributed by atoms with van der Waals surface area (Å²) in [5, 5.41) is 7.13. The van der Waals surface area contributed by atoms with Gasteiger partial charge in [-0.1, -0.05) is 12.1 Å². The molecule has 1 amide bonds. The minimum Gasteiger partial charge on any atom is -0.497 e. The normalized spacial score (nSPS) is 13.0. The van der Waals surface area contributed by atoms with Gasteiger partial charge in [-0.25, -0.2) is 0 Å². The monoisotopic (exact) mass is 326 g/mol. The zero-order valence-electron chi connectivity index (χ0n) is 11.9. The highest BCUT2D eigenvalue weighted by Gasteiger charge is 2.20. The number of nitrogens with two attached hydrogens (primary N) is 1. The summed E-state index contributed by atoms with van der Waals surface area (Å²) in [5.74, 6) is 0.439. The molecule has 0 aliphatic heterocycles. The number of nitrogens with one attached hydrogen (secondary N) is 1. The van der Waals surface area contributed by atoms with Gasteiger partial charge in [0, 0.05) is 6.04 Å². The zero-order chi connectivity index (χ0) is 14.5. The second-order valence-corrected chi connectivity index (χ2v) is 5.33. The second kappa shape index (κ2) is 8.02.